The van der Waals surface area contributed by atoms with Crippen LogP contribution < -0.4 is 5.73 Å². The zero-order valence-corrected chi connectivity index (χ0v) is 33.8. The predicted octanol–water partition coefficient (Wildman–Crippen LogP) is 8.48. The van der Waals surface area contributed by atoms with Crippen LogP contribution in [-0.2, 0) is 39.2 Å². The molecule has 3 aromatic rings. The molecule has 2 aromatic heterocycles. The molecule has 0 saturated heterocycles. The van der Waals surface area contributed by atoms with Gasteiger partial charge in [0.05, 0.1) is 36.6 Å². The van der Waals surface area contributed by atoms with Gasteiger partial charge >= 0.3 is 7.82 Å². The number of aromatic nitrogens is 3. The molecule has 14 nitrogen and oxygen atoms in total. The van der Waals surface area contributed by atoms with Gasteiger partial charge in [-0.1, -0.05) is 77.6 Å². The quantitative estimate of drug-likeness (QED) is 0.0404. The molecule has 0 aliphatic heterocycles. The van der Waals surface area contributed by atoms with Gasteiger partial charge in [0.1, 0.15) is 36.4 Å². The van der Waals surface area contributed by atoms with Crippen molar-refractivity contribution in [2.24, 2.45) is 0 Å². The molecule has 55 heavy (non-hydrogen) atoms. The number of anilines is 1. The van der Waals surface area contributed by atoms with Crippen molar-refractivity contribution in [1.82, 2.24) is 14.6 Å². The van der Waals surface area contributed by atoms with Crippen molar-refractivity contribution in [3.8, 4) is 12.1 Å². The fraction of sp³-hybridized carbons (Fsp3) is 0.641. The van der Waals surface area contributed by atoms with Gasteiger partial charge < -0.3 is 29.6 Å². The first-order chi connectivity index (χ1) is 26.3. The van der Waals surface area contributed by atoms with Gasteiger partial charge in [-0.2, -0.15) is 15.6 Å². The molecule has 16 heteroatoms. The number of benzene rings is 1. The molecule has 0 aliphatic rings. The van der Waals surface area contributed by atoms with Gasteiger partial charge in [0.25, 0.3) is 0 Å². The number of nitrogens with zero attached hydrogens (tertiary/aromatic N) is 5. The average Bonchev–Trinajstić information content (AvgIpc) is 3.61. The number of nitrogen functional groups attached to an aromatic ring is 1. The van der Waals surface area contributed by atoms with E-state index in [1.54, 1.807) is 26.0 Å². The van der Waals surface area contributed by atoms with E-state index in [4.69, 9.17) is 33.7 Å². The highest BCUT2D eigenvalue weighted by Gasteiger charge is 2.41. The Kier molecular flexibility index (Phi) is 19.1. The molecule has 304 valence electrons. The maximum atomic E-state index is 14.1. The van der Waals surface area contributed by atoms with Crippen molar-refractivity contribution in [3.05, 3.63) is 59.3 Å². The number of fused-ring (bicyclic) bond motifs is 1. The topological polar surface area (TPSA) is 196 Å². The van der Waals surface area contributed by atoms with Crippen molar-refractivity contribution in [2.45, 2.75) is 134 Å². The molecule has 0 spiro atoms. The number of phosphoric acid groups is 1. The van der Waals surface area contributed by atoms with E-state index < -0.39 is 43.8 Å². The summed E-state index contributed by atoms with van der Waals surface area (Å²) in [5.74, 6) is -1.45. The van der Waals surface area contributed by atoms with Crippen molar-refractivity contribution in [1.29, 1.82) is 10.5 Å². The normalized spacial score (nSPS) is 15.2. The molecule has 1 aromatic carbocycles. The molecule has 2 heterocycles. The number of ether oxygens (including phenoxy) is 4. The van der Waals surface area contributed by atoms with Crippen LogP contribution in [0.1, 0.15) is 127 Å². The summed E-state index contributed by atoms with van der Waals surface area (Å²) in [6.45, 7) is 4.58. The van der Waals surface area contributed by atoms with Crippen LogP contribution in [0, 0.1) is 28.5 Å². The van der Waals surface area contributed by atoms with E-state index in [2.05, 4.69) is 23.1 Å². The first-order valence-corrected chi connectivity index (χ1v) is 20.5. The van der Waals surface area contributed by atoms with E-state index >= 15 is 0 Å². The monoisotopic (exact) mass is 788 g/mol. The number of rotatable bonds is 28. The Balaban J connectivity index is 1.66. The van der Waals surface area contributed by atoms with Crippen molar-refractivity contribution >= 4 is 19.2 Å². The molecule has 0 bridgehead atoms. The van der Waals surface area contributed by atoms with Crippen LogP contribution in [0.2, 0.25) is 0 Å². The maximum absolute atomic E-state index is 14.1. The molecular weight excluding hydrogens is 730 g/mol. The number of nitriles is 2. The highest BCUT2D eigenvalue weighted by molar-refractivity contribution is 7.47. The molecule has 3 rings (SSSR count). The van der Waals surface area contributed by atoms with Crippen LogP contribution in [0.5, 0.6) is 0 Å². The lowest BCUT2D eigenvalue weighted by Crippen LogP contribution is -2.40. The summed E-state index contributed by atoms with van der Waals surface area (Å²) in [6, 6.07) is 11.4. The van der Waals surface area contributed by atoms with Crippen molar-refractivity contribution < 1.29 is 41.8 Å². The fourth-order valence-corrected chi connectivity index (χ4v) is 6.90. The van der Waals surface area contributed by atoms with Crippen LogP contribution in [0.3, 0.4) is 0 Å². The minimum Gasteiger partial charge on any atom is -0.382 e. The number of unbranched alkanes of at least 4 members (excludes halogenated alkanes) is 10. The first-order valence-electron chi connectivity index (χ1n) is 19.0. The van der Waals surface area contributed by atoms with Gasteiger partial charge in [-0.15, -0.1) is 0 Å². The Morgan fingerprint density at radius 3 is 2.27 bits per heavy atom. The second-order valence-corrected chi connectivity index (χ2v) is 15.6. The molecular formula is C39H58FN6O8P. The van der Waals surface area contributed by atoms with E-state index in [9.17, 15) is 24.4 Å². The maximum Gasteiger partial charge on any atom is 0.472 e. The highest BCUT2D eigenvalue weighted by Crippen LogP contribution is 2.46. The second kappa shape index (κ2) is 22.9. The fourth-order valence-electron chi connectivity index (χ4n) is 6.10. The molecule has 0 fully saturated rings. The lowest BCUT2D eigenvalue weighted by Gasteiger charge is -2.34. The summed E-state index contributed by atoms with van der Waals surface area (Å²) >= 11 is 0. The summed E-state index contributed by atoms with van der Waals surface area (Å²) < 4.78 is 63.1. The third kappa shape index (κ3) is 15.5. The molecule has 0 aliphatic carbocycles. The Morgan fingerprint density at radius 2 is 1.65 bits per heavy atom. The van der Waals surface area contributed by atoms with Gasteiger partial charge in [0.15, 0.2) is 17.2 Å². The van der Waals surface area contributed by atoms with Gasteiger partial charge in [-0.3, -0.25) is 9.05 Å². The van der Waals surface area contributed by atoms with Crippen molar-refractivity contribution in [2.75, 3.05) is 33.2 Å². The lowest BCUT2D eigenvalue weighted by molar-refractivity contribution is -0.235. The van der Waals surface area contributed by atoms with Gasteiger partial charge in [-0.05, 0) is 56.2 Å². The molecule has 4 atom stereocenters. The molecule has 3 N–H and O–H groups in total. The summed E-state index contributed by atoms with van der Waals surface area (Å²) in [5.41, 5.74) is 5.86. The van der Waals surface area contributed by atoms with Crippen LogP contribution in [0.15, 0.2) is 36.7 Å². The zero-order valence-electron chi connectivity index (χ0n) is 32.9. The number of nitrogens with two attached hydrogens (primary N) is 1. The number of hydrogen-bond acceptors (Lipinski definition) is 12. The standard InChI is InChI=1S/C39H58FN6O8P/c1-6-7-8-9-10-11-12-13-14-15-16-17-33(51-25-31-20-30(24-41)21-32(40)22-31)26-52-55(47,48)53-28-39(27-42,50-5)23-36(54-38(2,3)49-4)34-18-19-35-37(43)44-29-45-46(34)35/h18-22,29,33,36H,6-17,23,25-26,28H2,1-5H3,(H,47,48)(H2,43,44,45)/t33-,36+,39+/m0/s1. The summed E-state index contributed by atoms with van der Waals surface area (Å²) in [6.07, 6.45) is 12.8. The Morgan fingerprint density at radius 1 is 0.982 bits per heavy atom. The largest absolute Gasteiger partial charge is 0.472 e. The third-order valence-electron chi connectivity index (χ3n) is 9.45. The molecule has 1 unspecified atom stereocenters. The second-order valence-electron chi connectivity index (χ2n) is 14.2. The lowest BCUT2D eigenvalue weighted by atomic mass is 9.96. The van der Waals surface area contributed by atoms with E-state index in [0.29, 0.717) is 23.2 Å². The van der Waals surface area contributed by atoms with Gasteiger partial charge in [0, 0.05) is 20.6 Å². The summed E-state index contributed by atoms with van der Waals surface area (Å²) in [7, 11) is -2.02. The Hall–Kier alpha value is -3.50. The average molecular weight is 789 g/mol. The van der Waals surface area contributed by atoms with Crippen LogP contribution in [0.25, 0.3) is 5.52 Å². The predicted molar refractivity (Wildman–Crippen MR) is 205 cm³/mol. The van der Waals surface area contributed by atoms with Crippen LogP contribution in [0.4, 0.5) is 10.2 Å². The number of phosphoric ester groups is 1. The number of hydrogen-bond donors (Lipinski definition) is 2. The highest BCUT2D eigenvalue weighted by atomic mass is 31.2. The summed E-state index contributed by atoms with van der Waals surface area (Å²) in [5, 5.41) is 23.9. The number of halogens is 1. The molecule has 0 saturated carbocycles. The minimum atomic E-state index is -4.77. The minimum absolute atomic E-state index is 0.0412. The molecule has 0 radical (unpaired) electrons. The number of methoxy groups -OCH3 is 2. The third-order valence-corrected chi connectivity index (χ3v) is 10.4. The van der Waals surface area contributed by atoms with E-state index in [0.717, 1.165) is 31.7 Å². The SMILES string of the molecule is CCCCCCCCCCCCC[C@@H](COP(=O)(O)OC[C@](C#N)(C[C@@H](OC(C)(C)OC)c1ccc2c(N)ncnn12)OC)OCc1cc(F)cc(C#N)c1. The smallest absolute Gasteiger partial charge is 0.382 e. The van der Waals surface area contributed by atoms with Crippen LogP contribution >= 0.6 is 7.82 Å². The zero-order chi connectivity index (χ0) is 40.3. The van der Waals surface area contributed by atoms with Crippen LogP contribution in [-0.4, -0.2) is 64.4 Å². The van der Waals surface area contributed by atoms with Gasteiger partial charge in [0.2, 0.25) is 0 Å². The van der Waals surface area contributed by atoms with Gasteiger partial charge in [-0.25, -0.2) is 18.5 Å². The van der Waals surface area contributed by atoms with E-state index in [-0.39, 0.29) is 31.0 Å². The van der Waals surface area contributed by atoms with E-state index in [1.807, 2.05) is 6.07 Å². The first kappa shape index (κ1) is 45.9. The van der Waals surface area contributed by atoms with Crippen molar-refractivity contribution in [3.63, 3.8) is 0 Å². The molecule has 0 amide bonds. The van der Waals surface area contributed by atoms with E-state index in [1.165, 1.54) is 82.1 Å². The Bertz CT molecular complexity index is 1750. The Labute approximate surface area is 324 Å². The summed E-state index contributed by atoms with van der Waals surface area (Å²) in [4.78, 5) is 14.8.